The van der Waals surface area contributed by atoms with Crippen LogP contribution in [0.1, 0.15) is 20.7 Å². The van der Waals surface area contributed by atoms with Crippen molar-refractivity contribution in [2.45, 2.75) is 0 Å². The van der Waals surface area contributed by atoms with Gasteiger partial charge in [-0.1, -0.05) is 0 Å². The summed E-state index contributed by atoms with van der Waals surface area (Å²) in [6.07, 6.45) is 3.63. The molecule has 0 atom stereocenters. The summed E-state index contributed by atoms with van der Waals surface area (Å²) in [7, 11) is 3.28. The lowest BCUT2D eigenvalue weighted by molar-refractivity contribution is 0.0827. The maximum Gasteiger partial charge on any atom is 0.280 e. The number of aliphatic imine (C=N–C) groups is 1. The molecule has 0 saturated carbocycles. The summed E-state index contributed by atoms with van der Waals surface area (Å²) in [5.41, 5.74) is 11.8. The van der Waals surface area contributed by atoms with E-state index in [1.54, 1.807) is 30.8 Å². The van der Waals surface area contributed by atoms with Gasteiger partial charge in [0, 0.05) is 43.3 Å². The van der Waals surface area contributed by atoms with Gasteiger partial charge in [0.2, 0.25) is 0 Å². The summed E-state index contributed by atoms with van der Waals surface area (Å²) >= 11 is 0. The molecule has 2 aromatic rings. The summed E-state index contributed by atoms with van der Waals surface area (Å²) in [5, 5.41) is 0. The van der Waals surface area contributed by atoms with E-state index in [1.165, 1.54) is 11.0 Å². The fourth-order valence-electron chi connectivity index (χ4n) is 1.95. The molecule has 0 radical (unpaired) electrons. The topological polar surface area (TPSA) is 107 Å². The van der Waals surface area contributed by atoms with Gasteiger partial charge in [-0.25, -0.2) is 0 Å². The van der Waals surface area contributed by atoms with Crippen molar-refractivity contribution in [2.24, 2.45) is 16.5 Å². The van der Waals surface area contributed by atoms with E-state index in [0.717, 1.165) is 0 Å². The second-order valence-electron chi connectivity index (χ2n) is 4.90. The van der Waals surface area contributed by atoms with E-state index in [1.807, 2.05) is 24.5 Å². The summed E-state index contributed by atoms with van der Waals surface area (Å²) in [5.74, 6) is -1.13. The van der Waals surface area contributed by atoms with E-state index in [9.17, 15) is 9.59 Å². The van der Waals surface area contributed by atoms with E-state index < -0.39 is 5.91 Å². The number of rotatable bonds is 3. The van der Waals surface area contributed by atoms with Crippen molar-refractivity contribution in [1.82, 2.24) is 9.47 Å². The van der Waals surface area contributed by atoms with Gasteiger partial charge < -0.3 is 20.9 Å². The van der Waals surface area contributed by atoms with Crippen LogP contribution in [0.3, 0.4) is 0 Å². The molecule has 0 unspecified atom stereocenters. The molecule has 0 aliphatic carbocycles. The Bertz CT molecular complexity index is 728. The van der Waals surface area contributed by atoms with E-state index >= 15 is 0 Å². The lowest BCUT2D eigenvalue weighted by Gasteiger charge is -2.13. The highest BCUT2D eigenvalue weighted by atomic mass is 16.2. The average Bonchev–Trinajstić information content (AvgIpc) is 2.99. The van der Waals surface area contributed by atoms with E-state index in [2.05, 4.69) is 4.99 Å². The molecule has 0 saturated heterocycles. The zero-order valence-corrected chi connectivity index (χ0v) is 12.4. The van der Waals surface area contributed by atoms with Crippen molar-refractivity contribution in [1.29, 1.82) is 0 Å². The second kappa shape index (κ2) is 6.13. The molecule has 7 nitrogen and oxygen atoms in total. The van der Waals surface area contributed by atoms with Gasteiger partial charge in [0.25, 0.3) is 11.8 Å². The predicted octanol–water partition coefficient (Wildman–Crippen LogP) is 0.593. The zero-order valence-electron chi connectivity index (χ0n) is 12.4. The quantitative estimate of drug-likeness (QED) is 0.639. The molecule has 1 heterocycles. The number of benzene rings is 1. The molecule has 0 bridgehead atoms. The number of carbonyl (C=O) groups excluding carboxylic acids is 2. The van der Waals surface area contributed by atoms with Gasteiger partial charge in [-0.3, -0.25) is 9.59 Å². The fourth-order valence-corrected chi connectivity index (χ4v) is 1.95. The van der Waals surface area contributed by atoms with Crippen LogP contribution in [0.2, 0.25) is 0 Å². The lowest BCUT2D eigenvalue weighted by atomic mass is 10.1. The number of nitrogens with two attached hydrogens (primary N) is 2. The molecule has 0 fully saturated rings. The number of hydrogen-bond donors (Lipinski definition) is 2. The van der Waals surface area contributed by atoms with E-state index in [4.69, 9.17) is 11.5 Å². The normalized spacial score (nSPS) is 10.1. The number of carbonyl (C=O) groups is 2. The third kappa shape index (κ3) is 3.32. The highest BCUT2D eigenvalue weighted by molar-refractivity contribution is 6.04. The van der Waals surface area contributed by atoms with Crippen LogP contribution in [0.5, 0.6) is 0 Å². The number of aromatic nitrogens is 1. The van der Waals surface area contributed by atoms with Crippen LogP contribution in [0.15, 0.2) is 47.7 Å². The Balaban J connectivity index is 2.56. The molecule has 0 aliphatic rings. The van der Waals surface area contributed by atoms with Gasteiger partial charge in [-0.2, -0.15) is 4.99 Å². The van der Waals surface area contributed by atoms with Crippen molar-refractivity contribution in [3.8, 4) is 5.69 Å². The van der Waals surface area contributed by atoms with Gasteiger partial charge in [0.05, 0.1) is 0 Å². The Morgan fingerprint density at radius 1 is 1.05 bits per heavy atom. The van der Waals surface area contributed by atoms with E-state index in [-0.39, 0.29) is 17.4 Å². The maximum atomic E-state index is 12.2. The van der Waals surface area contributed by atoms with Gasteiger partial charge in [0.15, 0.2) is 5.96 Å². The third-order valence-corrected chi connectivity index (χ3v) is 2.95. The highest BCUT2D eigenvalue weighted by Gasteiger charge is 2.14. The Morgan fingerprint density at radius 2 is 1.64 bits per heavy atom. The minimum absolute atomic E-state index is 0.215. The summed E-state index contributed by atoms with van der Waals surface area (Å²) < 4.78 is 1.79. The standard InChI is InChI=1S/C15H17N5O2/c1-19(2)14(22)11-7-10(13(21)18-15(16)17)8-12(9-11)20-5-3-4-6-20/h3-9H,1-2H3,(H4,16,17,18,21). The molecule has 114 valence electrons. The molecule has 4 N–H and O–H groups in total. The van der Waals surface area contributed by atoms with Crippen LogP contribution in [-0.4, -0.2) is 41.3 Å². The first kappa shape index (κ1) is 15.3. The Morgan fingerprint density at radius 3 is 2.18 bits per heavy atom. The highest BCUT2D eigenvalue weighted by Crippen LogP contribution is 2.17. The van der Waals surface area contributed by atoms with Crippen LogP contribution in [0.25, 0.3) is 5.69 Å². The van der Waals surface area contributed by atoms with Crippen molar-refractivity contribution in [3.63, 3.8) is 0 Å². The lowest BCUT2D eigenvalue weighted by Crippen LogP contribution is -2.25. The number of amides is 2. The molecular formula is C15H17N5O2. The molecule has 1 aromatic heterocycles. The Labute approximate surface area is 127 Å². The van der Waals surface area contributed by atoms with Crippen LogP contribution in [0, 0.1) is 0 Å². The minimum Gasteiger partial charge on any atom is -0.370 e. The average molecular weight is 299 g/mol. The van der Waals surface area contributed by atoms with Gasteiger partial charge in [0.1, 0.15) is 0 Å². The summed E-state index contributed by atoms with van der Waals surface area (Å²) in [6.45, 7) is 0. The van der Waals surface area contributed by atoms with Crippen LogP contribution < -0.4 is 11.5 Å². The maximum absolute atomic E-state index is 12.2. The minimum atomic E-state index is -0.596. The molecule has 0 spiro atoms. The predicted molar refractivity (Wildman–Crippen MR) is 83.9 cm³/mol. The molecule has 2 amide bonds. The van der Waals surface area contributed by atoms with Crippen LogP contribution in [0.4, 0.5) is 0 Å². The van der Waals surface area contributed by atoms with Crippen molar-refractivity contribution in [2.75, 3.05) is 14.1 Å². The molecule has 1 aromatic carbocycles. The largest absolute Gasteiger partial charge is 0.370 e. The monoisotopic (exact) mass is 299 g/mol. The second-order valence-corrected chi connectivity index (χ2v) is 4.90. The first-order valence-electron chi connectivity index (χ1n) is 6.52. The molecule has 22 heavy (non-hydrogen) atoms. The van der Waals surface area contributed by atoms with E-state index in [0.29, 0.717) is 11.3 Å². The summed E-state index contributed by atoms with van der Waals surface area (Å²) in [6, 6.07) is 8.50. The van der Waals surface area contributed by atoms with Crippen molar-refractivity contribution >= 4 is 17.8 Å². The Hall–Kier alpha value is -3.09. The number of nitrogens with zero attached hydrogens (tertiary/aromatic N) is 3. The molecule has 7 heteroatoms. The SMILES string of the molecule is CN(C)C(=O)c1cc(C(=O)N=C(N)N)cc(-n2cccc2)c1. The van der Waals surface area contributed by atoms with Gasteiger partial charge in [-0.05, 0) is 30.3 Å². The molecule has 0 aliphatic heterocycles. The number of guanidine groups is 1. The first-order chi connectivity index (χ1) is 10.4. The fraction of sp³-hybridized carbons (Fsp3) is 0.133. The van der Waals surface area contributed by atoms with Crippen LogP contribution >= 0.6 is 0 Å². The van der Waals surface area contributed by atoms with Gasteiger partial charge in [-0.15, -0.1) is 0 Å². The zero-order chi connectivity index (χ0) is 16.3. The molecule has 2 rings (SSSR count). The smallest absolute Gasteiger partial charge is 0.280 e. The van der Waals surface area contributed by atoms with Crippen molar-refractivity contribution in [3.05, 3.63) is 53.9 Å². The number of hydrogen-bond acceptors (Lipinski definition) is 2. The summed E-state index contributed by atoms with van der Waals surface area (Å²) in [4.78, 5) is 29.2. The molecular weight excluding hydrogens is 282 g/mol. The Kier molecular flexibility index (Phi) is 4.26. The van der Waals surface area contributed by atoms with Gasteiger partial charge >= 0.3 is 0 Å². The third-order valence-electron chi connectivity index (χ3n) is 2.95. The first-order valence-corrected chi connectivity index (χ1v) is 6.52. The van der Waals surface area contributed by atoms with Crippen LogP contribution in [-0.2, 0) is 0 Å². The van der Waals surface area contributed by atoms with Crippen molar-refractivity contribution < 1.29 is 9.59 Å².